The van der Waals surface area contributed by atoms with Crippen LogP contribution in [0.2, 0.25) is 0 Å². The molecule has 0 aliphatic heterocycles. The Morgan fingerprint density at radius 3 is 1.67 bits per heavy atom. The Morgan fingerprint density at radius 1 is 0.606 bits per heavy atom. The lowest BCUT2D eigenvalue weighted by Gasteiger charge is -2.92. The van der Waals surface area contributed by atoms with Crippen molar-refractivity contribution in [3.05, 3.63) is 0 Å². The minimum Gasteiger partial charge on any atom is -0.240 e. The molecule has 0 radical (unpaired) electrons. The smallest absolute Gasteiger partial charge is 0.107 e. The molecular formula is C31H52O2. The highest BCUT2D eigenvalue weighted by Crippen LogP contribution is 2.95. The van der Waals surface area contributed by atoms with Crippen molar-refractivity contribution < 1.29 is 9.78 Å². The fraction of sp³-hybridized carbons (Fsp3) is 1.00. The Kier molecular flexibility index (Phi) is 4.29. The monoisotopic (exact) mass is 456 g/mol. The second-order valence-electron chi connectivity index (χ2n) is 16.0. The summed E-state index contributed by atoms with van der Waals surface area (Å²) in [5, 5.41) is 0. The first-order valence-electron chi connectivity index (χ1n) is 14.4. The maximum atomic E-state index is 6.50. The highest BCUT2D eigenvalue weighted by molar-refractivity contribution is 5.38. The highest BCUT2D eigenvalue weighted by atomic mass is 17.2. The standard InChI is InChI=1S/C31H52O2/c1-20-11-12-21-17-29(20,24(21,2)3)27(8)15-13-22-18-30(27,25(22,4)5)31-19-23(26(31,6)7)14-16-28(31,9)33-32-10/h20-23H,11-19H2,1-10H3. The van der Waals surface area contributed by atoms with E-state index in [0.29, 0.717) is 32.5 Å². The van der Waals surface area contributed by atoms with Crippen LogP contribution >= 0.6 is 0 Å². The quantitative estimate of drug-likeness (QED) is 0.312. The van der Waals surface area contributed by atoms with Gasteiger partial charge < -0.3 is 0 Å². The molecule has 9 aliphatic carbocycles. The van der Waals surface area contributed by atoms with Gasteiger partial charge in [0.25, 0.3) is 0 Å². The topological polar surface area (TPSA) is 18.5 Å². The van der Waals surface area contributed by atoms with Gasteiger partial charge in [-0.2, -0.15) is 0 Å². The molecule has 0 saturated heterocycles. The van der Waals surface area contributed by atoms with E-state index in [2.05, 4.69) is 62.3 Å². The summed E-state index contributed by atoms with van der Waals surface area (Å²) in [7, 11) is 1.75. The van der Waals surface area contributed by atoms with Gasteiger partial charge in [-0.15, -0.1) is 0 Å². The van der Waals surface area contributed by atoms with Gasteiger partial charge in [-0.3, -0.25) is 0 Å². The summed E-state index contributed by atoms with van der Waals surface area (Å²) in [5.41, 5.74) is 2.16. The summed E-state index contributed by atoms with van der Waals surface area (Å²) in [5.74, 6) is 3.46. The van der Waals surface area contributed by atoms with Gasteiger partial charge in [-0.05, 0) is 121 Å². The average Bonchev–Trinajstić information content (AvgIpc) is 2.73. The van der Waals surface area contributed by atoms with E-state index >= 15 is 0 Å². The van der Waals surface area contributed by atoms with Gasteiger partial charge in [0.2, 0.25) is 0 Å². The van der Waals surface area contributed by atoms with Crippen molar-refractivity contribution in [2.24, 2.45) is 61.6 Å². The highest BCUT2D eigenvalue weighted by Gasteiger charge is 2.91. The Bertz CT molecular complexity index is 868. The number of rotatable bonds is 4. The van der Waals surface area contributed by atoms with Gasteiger partial charge in [0.15, 0.2) is 0 Å². The second-order valence-corrected chi connectivity index (χ2v) is 16.0. The van der Waals surface area contributed by atoms with Crippen molar-refractivity contribution in [3.63, 3.8) is 0 Å². The lowest BCUT2D eigenvalue weighted by Crippen LogP contribution is -2.89. The van der Waals surface area contributed by atoms with E-state index in [0.717, 1.165) is 30.1 Å². The zero-order valence-corrected chi connectivity index (χ0v) is 23.5. The zero-order chi connectivity index (χ0) is 24.1. The number of hydrogen-bond donors (Lipinski definition) is 0. The van der Waals surface area contributed by atoms with E-state index in [-0.39, 0.29) is 11.0 Å². The van der Waals surface area contributed by atoms with Crippen molar-refractivity contribution >= 4 is 0 Å². The van der Waals surface area contributed by atoms with Crippen LogP contribution in [0, 0.1) is 61.6 Å². The number of fused-ring (bicyclic) bond motifs is 6. The lowest BCUT2D eigenvalue weighted by molar-refractivity contribution is -0.498. The van der Waals surface area contributed by atoms with Crippen LogP contribution in [0.15, 0.2) is 0 Å². The fourth-order valence-corrected chi connectivity index (χ4v) is 14.2. The SMILES string of the molecule is COOC1(C)CCC2CC1(C13CC(CCC1(C)C14CC(CCC1C)C4(C)C)C3(C)C)C2(C)C. The van der Waals surface area contributed by atoms with E-state index in [4.69, 9.17) is 9.78 Å². The maximum Gasteiger partial charge on any atom is 0.107 e. The Labute approximate surface area is 204 Å². The third kappa shape index (κ3) is 1.89. The van der Waals surface area contributed by atoms with Gasteiger partial charge in [-0.25, -0.2) is 9.78 Å². The van der Waals surface area contributed by atoms with Crippen molar-refractivity contribution in [2.75, 3.05) is 7.11 Å². The van der Waals surface area contributed by atoms with Gasteiger partial charge >= 0.3 is 0 Å². The Morgan fingerprint density at radius 2 is 1.15 bits per heavy atom. The third-order valence-electron chi connectivity index (χ3n) is 15.7. The van der Waals surface area contributed by atoms with E-state index in [1.807, 2.05) is 0 Å². The van der Waals surface area contributed by atoms with E-state index < -0.39 is 0 Å². The maximum absolute atomic E-state index is 6.50. The molecule has 2 nitrogen and oxygen atoms in total. The van der Waals surface area contributed by atoms with Gasteiger partial charge in [-0.1, -0.05) is 55.4 Å². The lowest BCUT2D eigenvalue weighted by atomic mass is 9.12. The van der Waals surface area contributed by atoms with Crippen LogP contribution in [0.1, 0.15) is 120 Å². The molecule has 188 valence electrons. The molecule has 0 aromatic carbocycles. The molecule has 0 aromatic heterocycles. The summed E-state index contributed by atoms with van der Waals surface area (Å²) >= 11 is 0. The minimum absolute atomic E-state index is 0.175. The third-order valence-corrected chi connectivity index (χ3v) is 15.7. The fourth-order valence-electron chi connectivity index (χ4n) is 14.2. The second kappa shape index (κ2) is 6.07. The molecule has 6 bridgehead atoms. The molecule has 0 heterocycles. The van der Waals surface area contributed by atoms with Crippen molar-refractivity contribution in [3.8, 4) is 0 Å². The van der Waals surface area contributed by atoms with Crippen molar-refractivity contribution in [1.82, 2.24) is 0 Å². The first-order valence-corrected chi connectivity index (χ1v) is 14.4. The normalized spacial score (nSPS) is 59.1. The van der Waals surface area contributed by atoms with Gasteiger partial charge in [0.05, 0.1) is 7.11 Å². The van der Waals surface area contributed by atoms with Crippen LogP contribution < -0.4 is 0 Å². The molecule has 0 aromatic rings. The molecule has 0 N–H and O–H groups in total. The predicted molar refractivity (Wildman–Crippen MR) is 134 cm³/mol. The van der Waals surface area contributed by atoms with Crippen LogP contribution in [0.3, 0.4) is 0 Å². The van der Waals surface area contributed by atoms with E-state index in [1.54, 1.807) is 7.11 Å². The van der Waals surface area contributed by atoms with Gasteiger partial charge in [0, 0.05) is 5.41 Å². The van der Waals surface area contributed by atoms with Crippen LogP contribution in [-0.4, -0.2) is 12.7 Å². The molecule has 0 spiro atoms. The summed E-state index contributed by atoms with van der Waals surface area (Å²) < 4.78 is 0. The molecule has 9 aliphatic rings. The summed E-state index contributed by atoms with van der Waals surface area (Å²) in [6.45, 7) is 23.9. The van der Waals surface area contributed by atoms with E-state index in [9.17, 15) is 0 Å². The first-order chi connectivity index (χ1) is 15.2. The molecule has 33 heavy (non-hydrogen) atoms. The number of hydrogen-bond acceptors (Lipinski definition) is 2. The molecular weight excluding hydrogens is 404 g/mol. The Balaban J connectivity index is 1.63. The molecule has 9 atom stereocenters. The zero-order valence-electron chi connectivity index (χ0n) is 23.5. The van der Waals surface area contributed by atoms with Crippen molar-refractivity contribution in [1.29, 1.82) is 0 Å². The summed E-state index contributed by atoms with van der Waals surface area (Å²) in [4.78, 5) is 12.1. The molecule has 9 saturated carbocycles. The first kappa shape index (κ1) is 23.3. The largest absolute Gasteiger partial charge is 0.240 e. The van der Waals surface area contributed by atoms with Crippen LogP contribution in [0.25, 0.3) is 0 Å². The molecule has 9 fully saturated rings. The summed E-state index contributed by atoms with van der Waals surface area (Å²) in [6.07, 6.45) is 12.4. The van der Waals surface area contributed by atoms with Crippen molar-refractivity contribution in [2.45, 2.75) is 126 Å². The van der Waals surface area contributed by atoms with Crippen LogP contribution in [0.4, 0.5) is 0 Å². The molecule has 9 rings (SSSR count). The summed E-state index contributed by atoms with van der Waals surface area (Å²) in [6, 6.07) is 0. The predicted octanol–water partition coefficient (Wildman–Crippen LogP) is 8.44. The molecule has 2 heteroatoms. The molecule has 9 unspecified atom stereocenters. The van der Waals surface area contributed by atoms with Gasteiger partial charge in [0.1, 0.15) is 5.60 Å². The van der Waals surface area contributed by atoms with Crippen LogP contribution in [-0.2, 0) is 9.78 Å². The minimum atomic E-state index is -0.206. The average molecular weight is 457 g/mol. The Hall–Kier alpha value is -0.0800. The van der Waals surface area contributed by atoms with Crippen LogP contribution in [0.5, 0.6) is 0 Å². The van der Waals surface area contributed by atoms with E-state index in [1.165, 1.54) is 51.4 Å². The molecule has 0 amide bonds.